The third-order valence-corrected chi connectivity index (χ3v) is 5.21. The summed E-state index contributed by atoms with van der Waals surface area (Å²) < 4.78 is 6.04. The van der Waals surface area contributed by atoms with E-state index < -0.39 is 17.6 Å². The molecular formula is C20H32N2O4. The first kappa shape index (κ1) is 20.6. The predicted molar refractivity (Wildman–Crippen MR) is 100 cm³/mol. The number of aromatic nitrogens is 1. The summed E-state index contributed by atoms with van der Waals surface area (Å²) in [7, 11) is 0. The molecule has 0 spiro atoms. The van der Waals surface area contributed by atoms with E-state index in [1.807, 2.05) is 13.8 Å². The van der Waals surface area contributed by atoms with Crippen molar-refractivity contribution in [2.75, 3.05) is 0 Å². The highest BCUT2D eigenvalue weighted by molar-refractivity contribution is 5.78. The average Bonchev–Trinajstić information content (AvgIpc) is 2.56. The molecule has 1 saturated carbocycles. The molecule has 1 aromatic heterocycles. The molecule has 1 aromatic rings. The van der Waals surface area contributed by atoms with Crippen molar-refractivity contribution in [3.8, 4) is 5.75 Å². The fourth-order valence-electron chi connectivity index (χ4n) is 3.51. The first-order valence-corrected chi connectivity index (χ1v) is 9.53. The molecule has 0 saturated heterocycles. The van der Waals surface area contributed by atoms with Crippen molar-refractivity contribution in [1.29, 1.82) is 0 Å². The zero-order chi connectivity index (χ0) is 19.3. The molecule has 1 fully saturated rings. The Kier molecular flexibility index (Phi) is 7.01. The van der Waals surface area contributed by atoms with E-state index in [1.54, 1.807) is 18.3 Å². The normalized spacial score (nSPS) is 24.1. The maximum absolute atomic E-state index is 11.7. The monoisotopic (exact) mass is 364 g/mol. The molecule has 0 radical (unpaired) electrons. The number of ether oxygens (including phenoxy) is 1. The van der Waals surface area contributed by atoms with Crippen LogP contribution in [-0.4, -0.2) is 38.9 Å². The number of aliphatic carboxylic acids is 1. The van der Waals surface area contributed by atoms with Gasteiger partial charge in [0.15, 0.2) is 5.60 Å². The van der Waals surface area contributed by atoms with Crippen LogP contribution in [0.15, 0.2) is 18.3 Å². The van der Waals surface area contributed by atoms with Crippen molar-refractivity contribution in [2.45, 2.75) is 77.0 Å². The second-order valence-corrected chi connectivity index (χ2v) is 8.12. The van der Waals surface area contributed by atoms with Gasteiger partial charge in [-0.25, -0.2) is 4.79 Å². The lowest BCUT2D eigenvalue weighted by molar-refractivity contribution is -0.161. The number of carboxylic acid groups (broad SMARTS) is 1. The van der Waals surface area contributed by atoms with Crippen molar-refractivity contribution >= 4 is 5.97 Å². The molecule has 2 atom stereocenters. The molecule has 6 heteroatoms. The van der Waals surface area contributed by atoms with E-state index in [0.717, 1.165) is 31.6 Å². The van der Waals surface area contributed by atoms with Crippen LogP contribution >= 0.6 is 0 Å². The van der Waals surface area contributed by atoms with E-state index in [-0.39, 0.29) is 18.4 Å². The topological polar surface area (TPSA) is 106 Å². The highest BCUT2D eigenvalue weighted by atomic mass is 16.5. The number of rotatable bonds is 8. The van der Waals surface area contributed by atoms with Crippen molar-refractivity contribution < 1.29 is 19.7 Å². The van der Waals surface area contributed by atoms with Crippen LogP contribution in [0.2, 0.25) is 0 Å². The maximum Gasteiger partial charge on any atom is 0.337 e. The zero-order valence-electron chi connectivity index (χ0n) is 16.0. The number of nitrogens with two attached hydrogens (primary N) is 1. The van der Waals surface area contributed by atoms with Gasteiger partial charge in [0.2, 0.25) is 0 Å². The molecule has 2 rings (SSSR count). The lowest BCUT2D eigenvalue weighted by Gasteiger charge is -2.31. The Labute approximate surface area is 155 Å². The Morgan fingerprint density at radius 1 is 1.38 bits per heavy atom. The smallest absolute Gasteiger partial charge is 0.337 e. The number of aliphatic hydroxyl groups is 1. The predicted octanol–water partition coefficient (Wildman–Crippen LogP) is 2.77. The number of pyridine rings is 1. The van der Waals surface area contributed by atoms with Crippen LogP contribution in [0.25, 0.3) is 0 Å². The summed E-state index contributed by atoms with van der Waals surface area (Å²) in [4.78, 5) is 15.9. The van der Waals surface area contributed by atoms with Crippen molar-refractivity contribution in [2.24, 2.45) is 17.6 Å². The van der Waals surface area contributed by atoms with Gasteiger partial charge in [-0.1, -0.05) is 20.8 Å². The molecule has 0 aliphatic heterocycles. The second-order valence-electron chi connectivity index (χ2n) is 8.12. The quantitative estimate of drug-likeness (QED) is 0.655. The third-order valence-electron chi connectivity index (χ3n) is 5.21. The second kappa shape index (κ2) is 8.82. The average molecular weight is 364 g/mol. The van der Waals surface area contributed by atoms with Gasteiger partial charge in [-0.2, -0.15) is 0 Å². The van der Waals surface area contributed by atoms with Gasteiger partial charge in [-0.05, 0) is 50.0 Å². The maximum atomic E-state index is 11.7. The summed E-state index contributed by atoms with van der Waals surface area (Å²) in [5.41, 5.74) is 4.44. The van der Waals surface area contributed by atoms with E-state index in [9.17, 15) is 15.0 Å². The lowest BCUT2D eigenvalue weighted by Crippen LogP contribution is -2.56. The molecule has 1 aliphatic carbocycles. The van der Waals surface area contributed by atoms with Crippen molar-refractivity contribution in [3.05, 3.63) is 24.0 Å². The van der Waals surface area contributed by atoms with E-state index in [2.05, 4.69) is 11.9 Å². The molecule has 26 heavy (non-hydrogen) atoms. The van der Waals surface area contributed by atoms with Crippen LogP contribution < -0.4 is 10.5 Å². The van der Waals surface area contributed by atoms with E-state index in [0.29, 0.717) is 17.9 Å². The van der Waals surface area contributed by atoms with Gasteiger partial charge in [0, 0.05) is 30.4 Å². The molecule has 6 nitrogen and oxygen atoms in total. The summed E-state index contributed by atoms with van der Waals surface area (Å²) in [6, 6.07) is 2.62. The van der Waals surface area contributed by atoms with Crippen LogP contribution in [-0.2, 0) is 11.2 Å². The number of carbonyl (C=O) groups is 1. The van der Waals surface area contributed by atoms with Crippen LogP contribution in [0.3, 0.4) is 0 Å². The molecule has 4 N–H and O–H groups in total. The van der Waals surface area contributed by atoms with Gasteiger partial charge in [0.25, 0.3) is 0 Å². The molecule has 0 bridgehead atoms. The van der Waals surface area contributed by atoms with Crippen LogP contribution in [0.4, 0.5) is 0 Å². The largest absolute Gasteiger partial charge is 0.490 e. The van der Waals surface area contributed by atoms with E-state index in [1.165, 1.54) is 0 Å². The van der Waals surface area contributed by atoms with Gasteiger partial charge < -0.3 is 20.7 Å². The lowest BCUT2D eigenvalue weighted by atomic mass is 9.84. The molecule has 0 amide bonds. The van der Waals surface area contributed by atoms with Crippen molar-refractivity contribution in [3.63, 3.8) is 0 Å². The summed E-state index contributed by atoms with van der Waals surface area (Å²) in [6.45, 7) is 6.15. The molecule has 146 valence electrons. The van der Waals surface area contributed by atoms with Crippen molar-refractivity contribution in [1.82, 2.24) is 4.98 Å². The van der Waals surface area contributed by atoms with Gasteiger partial charge in [-0.15, -0.1) is 0 Å². The SMILES string of the molecule is CC(C)C[C@@H](N)[C@@](O)(Cc1cc(O[C@H]2CC[C@H](C)CC2)ccn1)C(=O)O. The van der Waals surface area contributed by atoms with E-state index >= 15 is 0 Å². The summed E-state index contributed by atoms with van der Waals surface area (Å²) in [5.74, 6) is 0.280. The van der Waals surface area contributed by atoms with Gasteiger partial charge in [0.1, 0.15) is 5.75 Å². The minimum atomic E-state index is -2.05. The molecular weight excluding hydrogens is 332 g/mol. The fourth-order valence-corrected chi connectivity index (χ4v) is 3.51. The highest BCUT2D eigenvalue weighted by Gasteiger charge is 2.43. The number of hydrogen-bond donors (Lipinski definition) is 3. The van der Waals surface area contributed by atoms with E-state index in [4.69, 9.17) is 10.5 Å². The molecule has 0 unspecified atom stereocenters. The Hall–Kier alpha value is -1.66. The molecule has 1 heterocycles. The Morgan fingerprint density at radius 2 is 2.04 bits per heavy atom. The fraction of sp³-hybridized carbons (Fsp3) is 0.700. The first-order chi connectivity index (χ1) is 12.2. The van der Waals surface area contributed by atoms with Crippen LogP contribution in [0, 0.1) is 11.8 Å². The van der Waals surface area contributed by atoms with Gasteiger partial charge in [-0.3, -0.25) is 4.98 Å². The summed E-state index contributed by atoms with van der Waals surface area (Å²) in [6.07, 6.45) is 6.41. The summed E-state index contributed by atoms with van der Waals surface area (Å²) in [5, 5.41) is 20.2. The van der Waals surface area contributed by atoms with Gasteiger partial charge in [0.05, 0.1) is 6.10 Å². The number of hydrogen-bond acceptors (Lipinski definition) is 5. The van der Waals surface area contributed by atoms with Crippen LogP contribution in [0.1, 0.15) is 58.6 Å². The Balaban J connectivity index is 2.08. The minimum absolute atomic E-state index is 0.144. The van der Waals surface area contributed by atoms with Gasteiger partial charge >= 0.3 is 5.97 Å². The summed E-state index contributed by atoms with van der Waals surface area (Å²) >= 11 is 0. The number of nitrogens with zero attached hydrogens (tertiary/aromatic N) is 1. The Bertz CT molecular complexity index is 599. The first-order valence-electron chi connectivity index (χ1n) is 9.53. The number of carboxylic acids is 1. The zero-order valence-corrected chi connectivity index (χ0v) is 16.0. The highest BCUT2D eigenvalue weighted by Crippen LogP contribution is 2.28. The molecule has 1 aliphatic rings. The standard InChI is InChI=1S/C20H32N2O4/c1-13(2)10-18(21)20(25,19(23)24)12-15-11-17(8-9-22-15)26-16-6-4-14(3)5-7-16/h8-9,11,13-14,16,18,25H,4-7,10,12,21H2,1-3H3,(H,23,24)/t14-,16-,18-,20+/m1/s1. The third kappa shape index (κ3) is 5.42. The Morgan fingerprint density at radius 3 is 2.62 bits per heavy atom. The molecule has 0 aromatic carbocycles. The minimum Gasteiger partial charge on any atom is -0.490 e. The van der Waals surface area contributed by atoms with Crippen LogP contribution in [0.5, 0.6) is 5.75 Å².